The molecule has 1 saturated carbocycles. The lowest BCUT2D eigenvalue weighted by Gasteiger charge is -2.23. The Hall–Kier alpha value is -2.70. The number of hydrogen-bond donors (Lipinski definition) is 2. The van der Waals surface area contributed by atoms with Crippen LogP contribution in [0.15, 0.2) is 31.0 Å². The number of H-pyrrole nitrogens is 1. The van der Waals surface area contributed by atoms with Gasteiger partial charge in [-0.3, -0.25) is 9.48 Å². The first-order valence-corrected chi connectivity index (χ1v) is 7.84. The average molecular weight is 345 g/mol. The van der Waals surface area contributed by atoms with Gasteiger partial charge in [-0.05, 0) is 30.6 Å². The second-order valence-corrected chi connectivity index (χ2v) is 5.93. The van der Waals surface area contributed by atoms with Gasteiger partial charge in [0.1, 0.15) is 12.0 Å². The lowest BCUT2D eigenvalue weighted by Crippen LogP contribution is -2.25. The van der Waals surface area contributed by atoms with E-state index in [9.17, 15) is 4.79 Å². The highest BCUT2D eigenvalue weighted by Gasteiger charge is 2.31. The molecule has 4 rings (SSSR count). The van der Waals surface area contributed by atoms with Gasteiger partial charge in [0.25, 0.3) is 0 Å². The zero-order valence-corrected chi connectivity index (χ0v) is 13.5. The molecule has 0 aliphatic heterocycles. The number of hydrogen-bond acceptors (Lipinski definition) is 4. The summed E-state index contributed by atoms with van der Waals surface area (Å²) in [5, 5.41) is 4.94. The molecule has 7 heteroatoms. The van der Waals surface area contributed by atoms with Crippen molar-refractivity contribution in [2.75, 3.05) is 0 Å². The molecule has 3 atom stereocenters. The highest BCUT2D eigenvalue weighted by molar-refractivity contribution is 5.90. The van der Waals surface area contributed by atoms with E-state index in [-0.39, 0.29) is 0 Å². The van der Waals surface area contributed by atoms with E-state index in [4.69, 9.17) is 15.3 Å². The SMILES string of the molecule is [2H]C1([2H])C([C@@H](CC(N)=O)n2cc(-c3ncnc4[nH]ccc34)cn2)C([2H])([2H])C([2H])(C)C1([2H])[2H]. The van der Waals surface area contributed by atoms with Crippen LogP contribution in [0.5, 0.6) is 0 Å². The summed E-state index contributed by atoms with van der Waals surface area (Å²) < 4.78 is 60.0. The fourth-order valence-electron chi connectivity index (χ4n) is 3.00. The minimum atomic E-state index is -2.84. The molecule has 0 saturated heterocycles. The van der Waals surface area contributed by atoms with Crippen molar-refractivity contribution in [3.05, 3.63) is 31.0 Å². The normalized spacial score (nSPS) is 34.8. The highest BCUT2D eigenvalue weighted by Crippen LogP contribution is 2.39. The summed E-state index contributed by atoms with van der Waals surface area (Å²) in [5.74, 6) is -4.97. The lowest BCUT2D eigenvalue weighted by molar-refractivity contribution is -0.119. The zero-order chi connectivity index (χ0) is 23.7. The van der Waals surface area contributed by atoms with Crippen molar-refractivity contribution in [1.29, 1.82) is 0 Å². The molecule has 3 heterocycles. The smallest absolute Gasteiger partial charge is 0.219 e. The van der Waals surface area contributed by atoms with Crippen LogP contribution < -0.4 is 5.73 Å². The average Bonchev–Trinajstić information content (AvgIpc) is 3.36. The Morgan fingerprint density at radius 1 is 1.56 bits per heavy atom. The number of nitrogens with two attached hydrogens (primary N) is 1. The minimum absolute atomic E-state index is 0.486. The van der Waals surface area contributed by atoms with Crippen LogP contribution in [0.2, 0.25) is 0 Å². The van der Waals surface area contributed by atoms with Gasteiger partial charge in [-0.2, -0.15) is 5.10 Å². The fourth-order valence-corrected chi connectivity index (χ4v) is 3.00. The van der Waals surface area contributed by atoms with E-state index in [0.717, 1.165) is 6.92 Å². The summed E-state index contributed by atoms with van der Waals surface area (Å²) >= 11 is 0. The first-order valence-electron chi connectivity index (χ1n) is 11.3. The van der Waals surface area contributed by atoms with Gasteiger partial charge in [-0.25, -0.2) is 9.97 Å². The summed E-state index contributed by atoms with van der Waals surface area (Å²) in [6, 6.07) is 0.508. The number of carbonyl (C=O) groups is 1. The molecule has 3 aromatic rings. The third-order valence-corrected chi connectivity index (χ3v) is 4.15. The van der Waals surface area contributed by atoms with Crippen molar-refractivity contribution in [2.45, 2.75) is 38.5 Å². The van der Waals surface area contributed by atoms with Crippen LogP contribution in [0, 0.1) is 11.8 Å². The van der Waals surface area contributed by atoms with Crippen molar-refractivity contribution in [3.63, 3.8) is 0 Å². The maximum Gasteiger partial charge on any atom is 0.219 e. The number of aromatic amines is 1. The molecule has 1 aliphatic carbocycles. The topological polar surface area (TPSA) is 102 Å². The number of nitrogens with zero attached hydrogens (tertiary/aromatic N) is 4. The maximum absolute atomic E-state index is 11.9. The minimum Gasteiger partial charge on any atom is -0.370 e. The number of rotatable bonds is 5. The molecular formula is C18H22N6O. The fraction of sp³-hybridized carbons (Fsp3) is 0.444. The molecule has 0 bridgehead atoms. The number of aromatic nitrogens is 5. The predicted octanol–water partition coefficient (Wildman–Crippen LogP) is 2.67. The van der Waals surface area contributed by atoms with Crippen LogP contribution >= 0.6 is 0 Å². The molecule has 1 amide bonds. The van der Waals surface area contributed by atoms with Crippen LogP contribution in [0.4, 0.5) is 0 Å². The molecule has 7 nitrogen and oxygen atoms in total. The van der Waals surface area contributed by atoms with E-state index in [1.54, 1.807) is 12.3 Å². The number of nitrogens with one attached hydrogen (secondary N) is 1. The monoisotopic (exact) mass is 345 g/mol. The second-order valence-electron chi connectivity index (χ2n) is 5.93. The van der Waals surface area contributed by atoms with Gasteiger partial charge in [0.2, 0.25) is 5.91 Å². The Labute approximate surface area is 155 Å². The summed E-state index contributed by atoms with van der Waals surface area (Å²) in [6.07, 6.45) is -2.77. The number of carbonyl (C=O) groups excluding carboxylic acids is 1. The van der Waals surface area contributed by atoms with Crippen LogP contribution in [0.25, 0.3) is 22.3 Å². The van der Waals surface area contributed by atoms with E-state index in [2.05, 4.69) is 20.1 Å². The van der Waals surface area contributed by atoms with Gasteiger partial charge >= 0.3 is 0 Å². The molecule has 0 aromatic carbocycles. The van der Waals surface area contributed by atoms with Crippen molar-refractivity contribution in [1.82, 2.24) is 24.7 Å². The van der Waals surface area contributed by atoms with E-state index < -0.39 is 49.3 Å². The van der Waals surface area contributed by atoms with Crippen molar-refractivity contribution < 1.29 is 14.4 Å². The third kappa shape index (κ3) is 3.01. The van der Waals surface area contributed by atoms with Crippen molar-refractivity contribution >= 4 is 16.9 Å². The van der Waals surface area contributed by atoms with Gasteiger partial charge in [-0.1, -0.05) is 13.3 Å². The van der Waals surface area contributed by atoms with Crippen molar-refractivity contribution in [2.24, 2.45) is 17.5 Å². The summed E-state index contributed by atoms with van der Waals surface area (Å²) in [6.45, 7) is 1.03. The van der Waals surface area contributed by atoms with Crippen LogP contribution in [0.3, 0.4) is 0 Å². The molecular weight excluding hydrogens is 316 g/mol. The van der Waals surface area contributed by atoms with E-state index in [0.29, 0.717) is 22.3 Å². The Balaban J connectivity index is 1.84. The molecule has 3 aromatic heterocycles. The Morgan fingerprint density at radius 3 is 3.20 bits per heavy atom. The van der Waals surface area contributed by atoms with Crippen LogP contribution in [-0.4, -0.2) is 30.6 Å². The summed E-state index contributed by atoms with van der Waals surface area (Å²) in [4.78, 5) is 23.2. The Bertz CT molecular complexity index is 1160. The molecule has 0 radical (unpaired) electrons. The molecule has 130 valence electrons. The zero-order valence-electron chi connectivity index (χ0n) is 20.5. The Kier molecular flexibility index (Phi) is 2.45. The second kappa shape index (κ2) is 6.31. The van der Waals surface area contributed by atoms with E-state index >= 15 is 0 Å². The Morgan fingerprint density at radius 2 is 2.44 bits per heavy atom. The van der Waals surface area contributed by atoms with Gasteiger partial charge in [0, 0.05) is 39.4 Å². The molecule has 1 aliphatic rings. The summed E-state index contributed by atoms with van der Waals surface area (Å²) in [7, 11) is 0. The van der Waals surface area contributed by atoms with Gasteiger partial charge in [0.05, 0.1) is 17.9 Å². The van der Waals surface area contributed by atoms with Gasteiger partial charge < -0.3 is 10.7 Å². The maximum atomic E-state index is 11.9. The van der Waals surface area contributed by atoms with Crippen LogP contribution in [-0.2, 0) is 4.79 Å². The standard InChI is InChI=1S/C18H22N6O/c1-11-2-3-12(6-11)15(7-16(19)25)24-9-13(8-23-24)17-14-4-5-20-18(14)22-10-21-17/h4-5,8-12,15H,2-3,6-7H2,1H3,(H2,19,25)(H,20,21,22)/t11?,12?,15-/m1/s1/i2D2,3D2,6D2,11D. The molecule has 2 unspecified atom stereocenters. The van der Waals surface area contributed by atoms with Crippen molar-refractivity contribution in [3.8, 4) is 11.3 Å². The first-order chi connectivity index (χ1) is 14.7. The lowest BCUT2D eigenvalue weighted by atomic mass is 9.94. The molecule has 3 N–H and O–H groups in total. The van der Waals surface area contributed by atoms with E-state index in [1.807, 2.05) is 0 Å². The number of fused-ring (bicyclic) bond motifs is 1. The first kappa shape index (κ1) is 9.70. The molecule has 25 heavy (non-hydrogen) atoms. The highest BCUT2D eigenvalue weighted by atomic mass is 16.1. The van der Waals surface area contributed by atoms with Gasteiger partial charge in [0.15, 0.2) is 0 Å². The summed E-state index contributed by atoms with van der Waals surface area (Å²) in [5.41, 5.74) is 7.04. The quantitative estimate of drug-likeness (QED) is 0.742. The molecule has 1 fully saturated rings. The molecule has 0 spiro atoms. The number of amides is 1. The van der Waals surface area contributed by atoms with E-state index in [1.165, 1.54) is 23.4 Å². The third-order valence-electron chi connectivity index (χ3n) is 4.15. The van der Waals surface area contributed by atoms with Crippen LogP contribution in [0.1, 0.15) is 48.1 Å². The van der Waals surface area contributed by atoms with Gasteiger partial charge in [-0.15, -0.1) is 0 Å². The number of primary amides is 1. The predicted molar refractivity (Wildman–Crippen MR) is 94.5 cm³/mol. The largest absolute Gasteiger partial charge is 0.370 e.